The zero-order valence-electron chi connectivity index (χ0n) is 10.0. The summed E-state index contributed by atoms with van der Waals surface area (Å²) in [5.74, 6) is 1.52. The van der Waals surface area contributed by atoms with Crippen LogP contribution in [0.3, 0.4) is 0 Å². The fourth-order valence-electron chi connectivity index (χ4n) is 1.68. The van der Waals surface area contributed by atoms with Gasteiger partial charge in [0.15, 0.2) is 5.75 Å². The number of ether oxygens (including phenoxy) is 2. The molecule has 0 amide bonds. The third kappa shape index (κ3) is 2.13. The van der Waals surface area contributed by atoms with Crippen molar-refractivity contribution in [3.8, 4) is 11.5 Å². The van der Waals surface area contributed by atoms with Crippen molar-refractivity contribution in [3.05, 3.63) is 28.2 Å². The number of nitrogens with two attached hydrogens (primary N) is 1. The minimum Gasteiger partial charge on any atom is -0.496 e. The molecule has 6 heteroatoms. The lowest BCUT2D eigenvalue weighted by atomic mass is 10.1. The van der Waals surface area contributed by atoms with E-state index in [2.05, 4.69) is 5.10 Å². The molecule has 0 bridgehead atoms. The lowest BCUT2D eigenvalue weighted by Crippen LogP contribution is -2.15. The van der Waals surface area contributed by atoms with Crippen LogP contribution in [0.15, 0.2) is 17.6 Å². The van der Waals surface area contributed by atoms with Crippen molar-refractivity contribution in [1.82, 2.24) is 9.78 Å². The van der Waals surface area contributed by atoms with Gasteiger partial charge in [-0.1, -0.05) is 0 Å². The number of thiophene rings is 1. The minimum atomic E-state index is -0.258. The Balaban J connectivity index is 2.35. The van der Waals surface area contributed by atoms with Crippen LogP contribution in [0.5, 0.6) is 11.5 Å². The molecule has 2 N–H and O–H groups in total. The second-order valence-electron chi connectivity index (χ2n) is 3.59. The molecule has 0 aromatic carbocycles. The standard InChI is InChI=1S/C11H15N3O2S/c1-14-11(8(16-3)5-13-14)10(12)9-4-7(15-2)6-17-9/h4-6,10H,12H2,1-3H3. The Morgan fingerprint density at radius 2 is 2.18 bits per heavy atom. The molecule has 0 fully saturated rings. The Morgan fingerprint density at radius 1 is 1.41 bits per heavy atom. The maximum Gasteiger partial charge on any atom is 0.161 e. The lowest BCUT2D eigenvalue weighted by molar-refractivity contribution is 0.405. The van der Waals surface area contributed by atoms with Crippen molar-refractivity contribution in [3.63, 3.8) is 0 Å². The normalized spacial score (nSPS) is 12.5. The maximum absolute atomic E-state index is 6.22. The lowest BCUT2D eigenvalue weighted by Gasteiger charge is -2.12. The monoisotopic (exact) mass is 253 g/mol. The molecule has 5 nitrogen and oxygen atoms in total. The van der Waals surface area contributed by atoms with E-state index in [0.717, 1.165) is 16.3 Å². The Hall–Kier alpha value is -1.53. The summed E-state index contributed by atoms with van der Waals surface area (Å²) in [7, 11) is 5.10. The van der Waals surface area contributed by atoms with E-state index in [4.69, 9.17) is 15.2 Å². The van der Waals surface area contributed by atoms with Crippen LogP contribution in [0.25, 0.3) is 0 Å². The summed E-state index contributed by atoms with van der Waals surface area (Å²) in [4.78, 5) is 1.02. The van der Waals surface area contributed by atoms with Gasteiger partial charge in [0, 0.05) is 17.3 Å². The van der Waals surface area contributed by atoms with Crippen LogP contribution in [-0.2, 0) is 7.05 Å². The maximum atomic E-state index is 6.22. The molecule has 0 saturated heterocycles. The molecule has 0 aliphatic rings. The Labute approximate surface area is 104 Å². The zero-order valence-corrected chi connectivity index (χ0v) is 10.8. The highest BCUT2D eigenvalue weighted by Gasteiger charge is 2.20. The van der Waals surface area contributed by atoms with Gasteiger partial charge in [-0.05, 0) is 6.07 Å². The first kappa shape index (κ1) is 11.9. The molecular weight excluding hydrogens is 238 g/mol. The van der Waals surface area contributed by atoms with Crippen molar-refractivity contribution in [2.45, 2.75) is 6.04 Å². The van der Waals surface area contributed by atoms with Crippen molar-refractivity contribution in [1.29, 1.82) is 0 Å². The summed E-state index contributed by atoms with van der Waals surface area (Å²) in [6, 6.07) is 1.67. The van der Waals surface area contributed by atoms with Gasteiger partial charge in [0.05, 0.1) is 26.5 Å². The van der Waals surface area contributed by atoms with E-state index in [1.807, 2.05) is 18.5 Å². The van der Waals surface area contributed by atoms with Gasteiger partial charge in [-0.2, -0.15) is 5.10 Å². The quantitative estimate of drug-likeness (QED) is 0.898. The number of aryl methyl sites for hydroxylation is 1. The Bertz CT molecular complexity index is 507. The largest absolute Gasteiger partial charge is 0.496 e. The first-order chi connectivity index (χ1) is 8.17. The molecular formula is C11H15N3O2S. The number of hydrogen-bond acceptors (Lipinski definition) is 5. The highest BCUT2D eigenvalue weighted by Crippen LogP contribution is 2.33. The summed E-state index contributed by atoms with van der Waals surface area (Å²) in [6.07, 6.45) is 1.67. The van der Waals surface area contributed by atoms with E-state index >= 15 is 0 Å². The molecule has 2 aromatic rings. The Kier molecular flexibility index (Phi) is 3.35. The molecule has 0 saturated carbocycles. The molecule has 0 aliphatic carbocycles. The van der Waals surface area contributed by atoms with E-state index in [1.165, 1.54) is 0 Å². The number of aromatic nitrogens is 2. The predicted octanol–water partition coefficient (Wildman–Crippen LogP) is 1.55. The van der Waals surface area contributed by atoms with Gasteiger partial charge >= 0.3 is 0 Å². The van der Waals surface area contributed by atoms with Crippen LogP contribution in [0.2, 0.25) is 0 Å². The van der Waals surface area contributed by atoms with Crippen molar-refractivity contribution in [2.24, 2.45) is 12.8 Å². The van der Waals surface area contributed by atoms with E-state index in [0.29, 0.717) is 5.75 Å². The topological polar surface area (TPSA) is 62.3 Å². The second-order valence-corrected chi connectivity index (χ2v) is 4.53. The second kappa shape index (κ2) is 4.77. The van der Waals surface area contributed by atoms with Crippen LogP contribution in [-0.4, -0.2) is 24.0 Å². The van der Waals surface area contributed by atoms with Gasteiger partial charge < -0.3 is 15.2 Å². The number of nitrogens with zero attached hydrogens (tertiary/aromatic N) is 2. The average molecular weight is 253 g/mol. The van der Waals surface area contributed by atoms with Crippen molar-refractivity contribution in [2.75, 3.05) is 14.2 Å². The Morgan fingerprint density at radius 3 is 2.76 bits per heavy atom. The molecule has 2 rings (SSSR count). The van der Waals surface area contributed by atoms with Crippen LogP contribution >= 0.6 is 11.3 Å². The van der Waals surface area contributed by atoms with Crippen molar-refractivity contribution < 1.29 is 9.47 Å². The predicted molar refractivity (Wildman–Crippen MR) is 66.7 cm³/mol. The molecule has 92 valence electrons. The number of rotatable bonds is 4. The van der Waals surface area contributed by atoms with Gasteiger partial charge in [-0.15, -0.1) is 11.3 Å². The SMILES string of the molecule is COc1csc(C(N)c2c(OC)cnn2C)c1. The van der Waals surface area contributed by atoms with Gasteiger partial charge in [0.1, 0.15) is 11.4 Å². The summed E-state index contributed by atoms with van der Waals surface area (Å²) >= 11 is 1.56. The highest BCUT2D eigenvalue weighted by molar-refractivity contribution is 7.10. The number of hydrogen-bond donors (Lipinski definition) is 1. The average Bonchev–Trinajstić information content (AvgIpc) is 2.94. The number of methoxy groups -OCH3 is 2. The fourth-order valence-corrected chi connectivity index (χ4v) is 2.54. The summed E-state index contributed by atoms with van der Waals surface area (Å²) < 4.78 is 12.1. The molecule has 0 radical (unpaired) electrons. The van der Waals surface area contributed by atoms with Crippen LogP contribution in [0.1, 0.15) is 16.6 Å². The smallest absolute Gasteiger partial charge is 0.161 e. The fraction of sp³-hybridized carbons (Fsp3) is 0.364. The van der Waals surface area contributed by atoms with Crippen LogP contribution in [0.4, 0.5) is 0 Å². The van der Waals surface area contributed by atoms with Crippen LogP contribution in [0, 0.1) is 0 Å². The molecule has 1 atom stereocenters. The van der Waals surface area contributed by atoms with Crippen LogP contribution < -0.4 is 15.2 Å². The minimum absolute atomic E-state index is 0.258. The third-order valence-corrected chi connectivity index (χ3v) is 3.60. The molecule has 17 heavy (non-hydrogen) atoms. The molecule has 0 aliphatic heterocycles. The van der Waals surface area contributed by atoms with E-state index in [9.17, 15) is 0 Å². The first-order valence-corrected chi connectivity index (χ1v) is 5.99. The summed E-state index contributed by atoms with van der Waals surface area (Å²) in [6.45, 7) is 0. The van der Waals surface area contributed by atoms with E-state index < -0.39 is 0 Å². The zero-order chi connectivity index (χ0) is 12.4. The molecule has 1 unspecified atom stereocenters. The van der Waals surface area contributed by atoms with E-state index in [-0.39, 0.29) is 6.04 Å². The first-order valence-electron chi connectivity index (χ1n) is 5.11. The molecule has 0 spiro atoms. The van der Waals surface area contributed by atoms with Gasteiger partial charge in [-0.25, -0.2) is 0 Å². The highest BCUT2D eigenvalue weighted by atomic mass is 32.1. The molecule has 2 heterocycles. The van der Waals surface area contributed by atoms with Crippen molar-refractivity contribution >= 4 is 11.3 Å². The van der Waals surface area contributed by atoms with E-state index in [1.54, 1.807) is 36.4 Å². The third-order valence-electron chi connectivity index (χ3n) is 2.60. The summed E-state index contributed by atoms with van der Waals surface area (Å²) in [5.41, 5.74) is 7.08. The molecule has 2 aromatic heterocycles. The van der Waals surface area contributed by atoms with Gasteiger partial charge in [0.2, 0.25) is 0 Å². The summed E-state index contributed by atoms with van der Waals surface area (Å²) in [5, 5.41) is 6.07. The van der Waals surface area contributed by atoms with Gasteiger partial charge in [0.25, 0.3) is 0 Å². The van der Waals surface area contributed by atoms with Gasteiger partial charge in [-0.3, -0.25) is 4.68 Å².